The Morgan fingerprint density at radius 2 is 1.70 bits per heavy atom. The predicted molar refractivity (Wildman–Crippen MR) is 82.9 cm³/mol. The Morgan fingerprint density at radius 3 is 2.00 bits per heavy atom. The summed E-state index contributed by atoms with van der Waals surface area (Å²) in [4.78, 5) is 11.2. The second-order valence-electron chi connectivity index (χ2n) is 5.31. The van der Waals surface area contributed by atoms with Gasteiger partial charge in [0.25, 0.3) is 0 Å². The van der Waals surface area contributed by atoms with Crippen molar-refractivity contribution in [1.29, 1.82) is 0 Å². The molecule has 1 aromatic rings. The number of carboxylic acids is 1. The van der Waals surface area contributed by atoms with Crippen molar-refractivity contribution in [3.05, 3.63) is 28.8 Å². The molecule has 114 valence electrons. The first-order chi connectivity index (χ1) is 8.79. The smallest absolute Gasteiger partial charge is 0.321 e. The average molecular weight is 302 g/mol. The fraction of sp³-hybridized carbons (Fsp3) is 0.533. The summed E-state index contributed by atoms with van der Waals surface area (Å²) >= 11 is 0. The first kappa shape index (κ1) is 18.7. The van der Waals surface area contributed by atoms with E-state index < -0.39 is 12.0 Å². The third-order valence-electron chi connectivity index (χ3n) is 3.53. The maximum Gasteiger partial charge on any atom is 0.321 e. The molecule has 2 unspecified atom stereocenters. The Labute approximate surface area is 126 Å². The van der Waals surface area contributed by atoms with Crippen LogP contribution < -0.4 is 10.5 Å². The second-order valence-corrected chi connectivity index (χ2v) is 5.31. The molecule has 0 saturated heterocycles. The number of hydrogen-bond donors (Lipinski definition) is 2. The molecule has 0 saturated carbocycles. The van der Waals surface area contributed by atoms with Crippen molar-refractivity contribution in [2.75, 3.05) is 7.11 Å². The predicted octanol–water partition coefficient (Wildman–Crippen LogP) is 2.89. The molecule has 1 aromatic carbocycles. The summed E-state index contributed by atoms with van der Waals surface area (Å²) in [6.45, 7) is 7.93. The van der Waals surface area contributed by atoms with E-state index in [9.17, 15) is 9.90 Å². The lowest BCUT2D eigenvalue weighted by Gasteiger charge is -2.28. The van der Waals surface area contributed by atoms with Gasteiger partial charge < -0.3 is 15.6 Å². The number of nitrogens with two attached hydrogens (primary N) is 1. The summed E-state index contributed by atoms with van der Waals surface area (Å²) in [5, 5.41) is 9.20. The molecule has 1 rings (SSSR count). The molecule has 3 N–H and O–H groups in total. The minimum absolute atomic E-state index is 0. The lowest BCUT2D eigenvalue weighted by molar-refractivity contribution is -0.139. The minimum Gasteiger partial charge on any atom is -0.497 e. The van der Waals surface area contributed by atoms with Crippen LogP contribution in [0.1, 0.15) is 36.5 Å². The molecule has 0 aromatic heterocycles. The number of ether oxygens (including phenoxy) is 1. The zero-order chi connectivity index (χ0) is 14.7. The Hall–Kier alpha value is -1.26. The molecule has 2 atom stereocenters. The third kappa shape index (κ3) is 3.87. The van der Waals surface area contributed by atoms with Crippen LogP contribution in [0.3, 0.4) is 0 Å². The van der Waals surface area contributed by atoms with E-state index in [1.807, 2.05) is 39.8 Å². The Balaban J connectivity index is 0.00000361. The molecule has 0 amide bonds. The lowest BCUT2D eigenvalue weighted by Crippen LogP contribution is -2.39. The molecule has 0 aliphatic carbocycles. The number of benzene rings is 1. The minimum atomic E-state index is -0.965. The molecular formula is C15H24ClNO3. The average Bonchev–Trinajstić information content (AvgIpc) is 2.31. The van der Waals surface area contributed by atoms with Crippen molar-refractivity contribution in [2.45, 2.75) is 39.7 Å². The van der Waals surface area contributed by atoms with E-state index in [-0.39, 0.29) is 24.2 Å². The van der Waals surface area contributed by atoms with E-state index in [1.165, 1.54) is 0 Å². The highest BCUT2D eigenvalue weighted by atomic mass is 35.5. The second kappa shape index (κ2) is 7.50. The summed E-state index contributed by atoms with van der Waals surface area (Å²) in [5.74, 6) is -0.237. The van der Waals surface area contributed by atoms with E-state index in [4.69, 9.17) is 10.5 Å². The van der Waals surface area contributed by atoms with Crippen LogP contribution in [-0.2, 0) is 4.79 Å². The van der Waals surface area contributed by atoms with Gasteiger partial charge in [-0.2, -0.15) is 0 Å². The topological polar surface area (TPSA) is 72.5 Å². The number of aliphatic carboxylic acids is 1. The largest absolute Gasteiger partial charge is 0.497 e. The molecule has 0 spiro atoms. The van der Waals surface area contributed by atoms with Crippen LogP contribution in [0.5, 0.6) is 5.75 Å². The van der Waals surface area contributed by atoms with Crippen LogP contribution in [-0.4, -0.2) is 24.2 Å². The Bertz CT molecular complexity index is 451. The van der Waals surface area contributed by atoms with Crippen molar-refractivity contribution in [1.82, 2.24) is 0 Å². The SMILES string of the molecule is COc1cc(C)c(C(C(C)C)C(N)C(=O)O)c(C)c1.Cl. The van der Waals surface area contributed by atoms with Gasteiger partial charge in [-0.3, -0.25) is 4.79 Å². The summed E-state index contributed by atoms with van der Waals surface area (Å²) in [5.41, 5.74) is 8.93. The number of carboxylic acid groups (broad SMARTS) is 1. The van der Waals surface area contributed by atoms with Gasteiger partial charge in [0.05, 0.1) is 7.11 Å². The van der Waals surface area contributed by atoms with Gasteiger partial charge in [-0.25, -0.2) is 0 Å². The van der Waals surface area contributed by atoms with Crippen molar-refractivity contribution < 1.29 is 14.6 Å². The molecule has 0 bridgehead atoms. The zero-order valence-electron chi connectivity index (χ0n) is 12.6. The van der Waals surface area contributed by atoms with Crippen molar-refractivity contribution in [3.63, 3.8) is 0 Å². The highest BCUT2D eigenvalue weighted by Gasteiger charge is 2.30. The lowest BCUT2D eigenvalue weighted by atomic mass is 9.78. The van der Waals surface area contributed by atoms with Crippen LogP contribution in [0, 0.1) is 19.8 Å². The first-order valence-electron chi connectivity index (χ1n) is 6.43. The summed E-state index contributed by atoms with van der Waals surface area (Å²) in [6.07, 6.45) is 0. The van der Waals surface area contributed by atoms with E-state index >= 15 is 0 Å². The molecule has 20 heavy (non-hydrogen) atoms. The fourth-order valence-corrected chi connectivity index (χ4v) is 2.66. The highest BCUT2D eigenvalue weighted by molar-refractivity contribution is 5.85. The maximum atomic E-state index is 11.2. The molecule has 0 heterocycles. The van der Waals surface area contributed by atoms with Crippen molar-refractivity contribution in [3.8, 4) is 5.75 Å². The van der Waals surface area contributed by atoms with Gasteiger partial charge in [-0.05, 0) is 48.6 Å². The first-order valence-corrected chi connectivity index (χ1v) is 6.43. The molecule has 0 radical (unpaired) electrons. The van der Waals surface area contributed by atoms with Gasteiger partial charge in [0, 0.05) is 5.92 Å². The van der Waals surface area contributed by atoms with Gasteiger partial charge in [0.15, 0.2) is 0 Å². The van der Waals surface area contributed by atoms with E-state index in [0.717, 1.165) is 22.4 Å². The summed E-state index contributed by atoms with van der Waals surface area (Å²) in [7, 11) is 1.62. The monoisotopic (exact) mass is 301 g/mol. The van der Waals surface area contributed by atoms with Crippen LogP contribution in [0.4, 0.5) is 0 Å². The number of methoxy groups -OCH3 is 1. The standard InChI is InChI=1S/C15H23NO3.ClH/c1-8(2)12(14(16)15(17)18)13-9(3)6-11(19-5)7-10(13)4;/h6-8,12,14H,16H2,1-5H3,(H,17,18);1H. The number of aryl methyl sites for hydroxylation is 2. The van der Waals surface area contributed by atoms with Gasteiger partial charge in [-0.1, -0.05) is 13.8 Å². The molecule has 0 fully saturated rings. The van der Waals surface area contributed by atoms with Crippen LogP contribution in [0.25, 0.3) is 0 Å². The molecule has 4 nitrogen and oxygen atoms in total. The zero-order valence-corrected chi connectivity index (χ0v) is 13.5. The normalized spacial score (nSPS) is 13.6. The van der Waals surface area contributed by atoms with Gasteiger partial charge >= 0.3 is 5.97 Å². The van der Waals surface area contributed by atoms with Gasteiger partial charge in [0.2, 0.25) is 0 Å². The number of carbonyl (C=O) groups is 1. The summed E-state index contributed by atoms with van der Waals surface area (Å²) in [6, 6.07) is 2.95. The number of hydrogen-bond acceptors (Lipinski definition) is 3. The fourth-order valence-electron chi connectivity index (χ4n) is 2.66. The van der Waals surface area contributed by atoms with Gasteiger partial charge in [-0.15, -0.1) is 12.4 Å². The quantitative estimate of drug-likeness (QED) is 0.877. The van der Waals surface area contributed by atoms with Crippen molar-refractivity contribution in [2.24, 2.45) is 11.7 Å². The van der Waals surface area contributed by atoms with E-state index in [1.54, 1.807) is 7.11 Å². The molecular weight excluding hydrogens is 278 g/mol. The number of halogens is 1. The Kier molecular flexibility index (Phi) is 7.03. The van der Waals surface area contributed by atoms with E-state index in [2.05, 4.69) is 0 Å². The molecule has 0 aliphatic rings. The molecule has 5 heteroatoms. The van der Waals surface area contributed by atoms with Crippen molar-refractivity contribution >= 4 is 18.4 Å². The number of rotatable bonds is 5. The third-order valence-corrected chi connectivity index (χ3v) is 3.53. The van der Waals surface area contributed by atoms with Crippen LogP contribution in [0.15, 0.2) is 12.1 Å². The maximum absolute atomic E-state index is 11.2. The van der Waals surface area contributed by atoms with Crippen LogP contribution >= 0.6 is 12.4 Å². The Morgan fingerprint density at radius 1 is 1.25 bits per heavy atom. The van der Waals surface area contributed by atoms with E-state index in [0.29, 0.717) is 0 Å². The van der Waals surface area contributed by atoms with Crippen LogP contribution in [0.2, 0.25) is 0 Å². The highest BCUT2D eigenvalue weighted by Crippen LogP contribution is 2.34. The van der Waals surface area contributed by atoms with Gasteiger partial charge in [0.1, 0.15) is 11.8 Å². The summed E-state index contributed by atoms with van der Waals surface area (Å²) < 4.78 is 5.23. The molecule has 0 aliphatic heterocycles.